The largest absolute Gasteiger partial charge is 0.342 e. The van der Waals surface area contributed by atoms with Crippen LogP contribution in [0, 0.1) is 5.92 Å². The Morgan fingerprint density at radius 1 is 1.43 bits per heavy atom. The first-order chi connectivity index (χ1) is 10.3. The minimum Gasteiger partial charge on any atom is -0.342 e. The van der Waals surface area contributed by atoms with Crippen molar-refractivity contribution in [2.45, 2.75) is 32.2 Å². The third-order valence-corrected chi connectivity index (χ3v) is 4.08. The molecule has 1 fully saturated rings. The second kappa shape index (κ2) is 6.56. The quantitative estimate of drug-likeness (QED) is 0.905. The Morgan fingerprint density at radius 2 is 2.38 bits per heavy atom. The number of aromatic nitrogens is 4. The lowest BCUT2D eigenvalue weighted by Gasteiger charge is -2.32. The third kappa shape index (κ3) is 3.71. The fraction of sp³-hybridized carbons (Fsp3) is 0.533. The lowest BCUT2D eigenvalue weighted by atomic mass is 9.93. The first kappa shape index (κ1) is 13.9. The summed E-state index contributed by atoms with van der Waals surface area (Å²) in [5.74, 6) is 0.786. The van der Waals surface area contributed by atoms with Crippen LogP contribution < -0.4 is 0 Å². The van der Waals surface area contributed by atoms with Gasteiger partial charge in [0, 0.05) is 50.3 Å². The number of carbonyl (C=O) groups excluding carboxylic acids is 1. The van der Waals surface area contributed by atoms with Gasteiger partial charge < -0.3 is 9.47 Å². The van der Waals surface area contributed by atoms with E-state index in [0.717, 1.165) is 31.6 Å². The maximum absolute atomic E-state index is 12.3. The van der Waals surface area contributed by atoms with Gasteiger partial charge in [-0.3, -0.25) is 9.89 Å². The molecule has 1 aliphatic heterocycles. The zero-order valence-electron chi connectivity index (χ0n) is 12.1. The predicted molar refractivity (Wildman–Crippen MR) is 78.4 cm³/mol. The van der Waals surface area contributed by atoms with Gasteiger partial charge in [0.2, 0.25) is 5.91 Å². The summed E-state index contributed by atoms with van der Waals surface area (Å²) in [7, 11) is 0. The maximum atomic E-state index is 12.3. The molecule has 0 spiro atoms. The highest BCUT2D eigenvalue weighted by Crippen LogP contribution is 2.20. The molecule has 1 N–H and O–H groups in total. The van der Waals surface area contributed by atoms with Crippen LogP contribution in [-0.2, 0) is 17.8 Å². The smallest absolute Gasteiger partial charge is 0.224 e. The topological polar surface area (TPSA) is 66.8 Å². The molecule has 1 atom stereocenters. The fourth-order valence-corrected chi connectivity index (χ4v) is 2.97. The summed E-state index contributed by atoms with van der Waals surface area (Å²) in [4.78, 5) is 18.3. The maximum Gasteiger partial charge on any atom is 0.224 e. The third-order valence-electron chi connectivity index (χ3n) is 4.08. The minimum atomic E-state index is 0.248. The monoisotopic (exact) mass is 287 g/mol. The summed E-state index contributed by atoms with van der Waals surface area (Å²) in [5.41, 5.74) is 1.16. The minimum absolute atomic E-state index is 0.248. The Balaban J connectivity index is 1.49. The van der Waals surface area contributed by atoms with Gasteiger partial charge in [0.05, 0.1) is 6.33 Å². The number of H-pyrrole nitrogens is 1. The molecule has 0 unspecified atom stereocenters. The van der Waals surface area contributed by atoms with Gasteiger partial charge in [-0.1, -0.05) is 0 Å². The number of nitrogens with zero attached hydrogens (tertiary/aromatic N) is 4. The molecule has 0 bridgehead atoms. The standard InChI is InChI=1S/C15H21N5O/c21-15(4-8-19-9-6-16-12-19)20-7-1-2-13(11-20)10-14-3-5-17-18-14/h3,5-6,9,12-13H,1-2,4,7-8,10-11H2,(H,17,18)/t13-/m0/s1. The van der Waals surface area contributed by atoms with E-state index < -0.39 is 0 Å². The molecule has 0 radical (unpaired) electrons. The molecule has 2 aromatic rings. The van der Waals surface area contributed by atoms with Crippen LogP contribution in [0.15, 0.2) is 31.0 Å². The van der Waals surface area contributed by atoms with Gasteiger partial charge in [-0.2, -0.15) is 5.10 Å². The number of hydrogen-bond acceptors (Lipinski definition) is 3. The Kier molecular flexibility index (Phi) is 4.33. The lowest BCUT2D eigenvalue weighted by molar-refractivity contribution is -0.133. The van der Waals surface area contributed by atoms with E-state index in [1.54, 1.807) is 18.7 Å². The van der Waals surface area contributed by atoms with Crippen molar-refractivity contribution in [1.29, 1.82) is 0 Å². The van der Waals surface area contributed by atoms with Gasteiger partial charge in [0.25, 0.3) is 0 Å². The molecule has 2 aromatic heterocycles. The van der Waals surface area contributed by atoms with Crippen LogP contribution >= 0.6 is 0 Å². The molecule has 3 heterocycles. The molecule has 0 aliphatic carbocycles. The second-order valence-corrected chi connectivity index (χ2v) is 5.68. The van der Waals surface area contributed by atoms with Crippen molar-refractivity contribution in [3.05, 3.63) is 36.7 Å². The lowest BCUT2D eigenvalue weighted by Crippen LogP contribution is -2.40. The van der Waals surface area contributed by atoms with Gasteiger partial charge in [-0.15, -0.1) is 0 Å². The van der Waals surface area contributed by atoms with Gasteiger partial charge >= 0.3 is 0 Å². The van der Waals surface area contributed by atoms with Crippen molar-refractivity contribution in [1.82, 2.24) is 24.6 Å². The van der Waals surface area contributed by atoms with Crippen LogP contribution in [0.3, 0.4) is 0 Å². The van der Waals surface area contributed by atoms with Crippen LogP contribution in [0.1, 0.15) is 25.0 Å². The number of carbonyl (C=O) groups is 1. The number of aromatic amines is 1. The molecule has 6 nitrogen and oxygen atoms in total. The summed E-state index contributed by atoms with van der Waals surface area (Å²) in [5, 5.41) is 6.99. The Bertz CT molecular complexity index is 549. The van der Waals surface area contributed by atoms with E-state index in [0.29, 0.717) is 18.9 Å². The highest BCUT2D eigenvalue weighted by atomic mass is 16.2. The van der Waals surface area contributed by atoms with E-state index in [4.69, 9.17) is 0 Å². The van der Waals surface area contributed by atoms with E-state index in [1.807, 2.05) is 21.7 Å². The normalized spacial score (nSPS) is 18.9. The highest BCUT2D eigenvalue weighted by molar-refractivity contribution is 5.76. The van der Waals surface area contributed by atoms with Crippen molar-refractivity contribution >= 4 is 5.91 Å². The first-order valence-corrected chi connectivity index (χ1v) is 7.53. The number of nitrogens with one attached hydrogen (secondary N) is 1. The van der Waals surface area contributed by atoms with E-state index in [-0.39, 0.29) is 5.91 Å². The Morgan fingerprint density at radius 3 is 3.14 bits per heavy atom. The Labute approximate surface area is 124 Å². The number of aryl methyl sites for hydroxylation is 1. The molecule has 21 heavy (non-hydrogen) atoms. The van der Waals surface area contributed by atoms with Crippen molar-refractivity contribution in [2.24, 2.45) is 5.92 Å². The number of rotatable bonds is 5. The van der Waals surface area contributed by atoms with E-state index in [2.05, 4.69) is 15.2 Å². The molecule has 6 heteroatoms. The van der Waals surface area contributed by atoms with Crippen LogP contribution in [-0.4, -0.2) is 43.6 Å². The van der Waals surface area contributed by atoms with Gasteiger partial charge in [-0.05, 0) is 31.2 Å². The highest BCUT2D eigenvalue weighted by Gasteiger charge is 2.23. The summed E-state index contributed by atoms with van der Waals surface area (Å²) in [6.45, 7) is 2.46. The molecule has 1 saturated heterocycles. The zero-order valence-corrected chi connectivity index (χ0v) is 12.1. The molecule has 112 valence electrons. The molecule has 1 aliphatic rings. The summed E-state index contributed by atoms with van der Waals surface area (Å²) in [6, 6.07) is 2.01. The summed E-state index contributed by atoms with van der Waals surface area (Å²) >= 11 is 0. The molecule has 3 rings (SSSR count). The summed E-state index contributed by atoms with van der Waals surface area (Å²) in [6.07, 6.45) is 11.0. The number of likely N-dealkylation sites (tertiary alicyclic amines) is 1. The molecular formula is C15H21N5O. The van der Waals surface area contributed by atoms with Crippen LogP contribution in [0.5, 0.6) is 0 Å². The van der Waals surface area contributed by atoms with Crippen molar-refractivity contribution in [3.63, 3.8) is 0 Å². The van der Waals surface area contributed by atoms with Crippen molar-refractivity contribution in [3.8, 4) is 0 Å². The summed E-state index contributed by atoms with van der Waals surface area (Å²) < 4.78 is 1.95. The van der Waals surface area contributed by atoms with Crippen LogP contribution in [0.4, 0.5) is 0 Å². The number of hydrogen-bond donors (Lipinski definition) is 1. The van der Waals surface area contributed by atoms with Crippen LogP contribution in [0.2, 0.25) is 0 Å². The number of amides is 1. The predicted octanol–water partition coefficient (Wildman–Crippen LogP) is 1.48. The zero-order chi connectivity index (χ0) is 14.5. The molecular weight excluding hydrogens is 266 g/mol. The van der Waals surface area contributed by atoms with E-state index in [9.17, 15) is 4.79 Å². The van der Waals surface area contributed by atoms with E-state index >= 15 is 0 Å². The van der Waals surface area contributed by atoms with Crippen molar-refractivity contribution in [2.75, 3.05) is 13.1 Å². The van der Waals surface area contributed by atoms with E-state index in [1.165, 1.54) is 6.42 Å². The van der Waals surface area contributed by atoms with Crippen molar-refractivity contribution < 1.29 is 4.79 Å². The number of imidazole rings is 1. The average molecular weight is 287 g/mol. The Hall–Kier alpha value is -2.11. The van der Waals surface area contributed by atoms with Gasteiger partial charge in [0.15, 0.2) is 0 Å². The number of piperidine rings is 1. The average Bonchev–Trinajstić information content (AvgIpc) is 3.18. The van der Waals surface area contributed by atoms with Crippen LogP contribution in [0.25, 0.3) is 0 Å². The van der Waals surface area contributed by atoms with Gasteiger partial charge in [-0.25, -0.2) is 4.98 Å². The molecule has 0 aromatic carbocycles. The second-order valence-electron chi connectivity index (χ2n) is 5.68. The molecule has 1 amide bonds. The SMILES string of the molecule is O=C(CCn1ccnc1)N1CCC[C@@H](Cc2ccn[nH]2)C1. The van der Waals surface area contributed by atoms with Gasteiger partial charge in [0.1, 0.15) is 0 Å². The fourth-order valence-electron chi connectivity index (χ4n) is 2.97. The first-order valence-electron chi connectivity index (χ1n) is 7.53. The molecule has 0 saturated carbocycles.